The van der Waals surface area contributed by atoms with Crippen LogP contribution in [0.2, 0.25) is 0 Å². The van der Waals surface area contributed by atoms with Crippen molar-refractivity contribution in [1.29, 1.82) is 0 Å². The number of benzene rings is 1. The molecule has 1 aliphatic rings. The van der Waals surface area contributed by atoms with Gasteiger partial charge in [0.1, 0.15) is 22.8 Å². The van der Waals surface area contributed by atoms with Crippen LogP contribution in [-0.4, -0.2) is 37.9 Å². The van der Waals surface area contributed by atoms with Gasteiger partial charge in [0.15, 0.2) is 6.79 Å². The Hall–Kier alpha value is -2.34. The molecule has 3 atom stereocenters. The van der Waals surface area contributed by atoms with Gasteiger partial charge < -0.3 is 19.3 Å². The fourth-order valence-corrected chi connectivity index (χ4v) is 4.63. The maximum absolute atomic E-state index is 12.3. The van der Waals surface area contributed by atoms with Gasteiger partial charge in [0, 0.05) is 25.0 Å². The van der Waals surface area contributed by atoms with Crippen LogP contribution in [0.15, 0.2) is 17.7 Å². The Balaban J connectivity index is 2.24. The number of hydrogen-bond acceptors (Lipinski definition) is 6. The average Bonchev–Trinajstić information content (AvgIpc) is 2.76. The van der Waals surface area contributed by atoms with E-state index in [2.05, 4.69) is 33.8 Å². The molecule has 0 aromatic heterocycles. The molecule has 6 heteroatoms. The highest BCUT2D eigenvalue weighted by atomic mass is 16.7. The van der Waals surface area contributed by atoms with E-state index in [1.165, 1.54) is 19.8 Å². The highest BCUT2D eigenvalue weighted by Crippen LogP contribution is 2.47. The van der Waals surface area contributed by atoms with Crippen LogP contribution in [0, 0.1) is 24.2 Å². The fraction of sp³-hybridized carbons (Fsp3) is 0.615. The zero-order valence-corrected chi connectivity index (χ0v) is 20.5. The van der Waals surface area contributed by atoms with Crippen LogP contribution in [0.1, 0.15) is 74.9 Å². The second-order valence-corrected chi connectivity index (χ2v) is 9.32. The number of aryl methyl sites for hydroxylation is 1. The Kier molecular flexibility index (Phi) is 8.90. The van der Waals surface area contributed by atoms with Crippen molar-refractivity contribution in [2.45, 2.75) is 66.7 Å². The maximum Gasteiger partial charge on any atom is 0.341 e. The summed E-state index contributed by atoms with van der Waals surface area (Å²) < 4.78 is 15.5. The smallest absolute Gasteiger partial charge is 0.341 e. The van der Waals surface area contributed by atoms with Gasteiger partial charge in [-0.2, -0.15) is 0 Å². The minimum Gasteiger partial charge on any atom is -0.507 e. The molecule has 6 nitrogen and oxygen atoms in total. The van der Waals surface area contributed by atoms with E-state index in [0.29, 0.717) is 41.4 Å². The van der Waals surface area contributed by atoms with Crippen LogP contribution in [0.5, 0.6) is 11.5 Å². The molecule has 0 bridgehead atoms. The lowest BCUT2D eigenvalue weighted by molar-refractivity contribution is -0.132. The van der Waals surface area contributed by atoms with E-state index in [9.17, 15) is 14.7 Å². The number of aromatic hydroxyl groups is 1. The van der Waals surface area contributed by atoms with E-state index in [4.69, 9.17) is 14.2 Å². The summed E-state index contributed by atoms with van der Waals surface area (Å²) in [6.07, 6.45) is 5.89. The first-order valence-electron chi connectivity index (χ1n) is 11.3. The number of carbonyl (C=O) groups is 2. The number of esters is 1. The molecule has 1 aromatic rings. The summed E-state index contributed by atoms with van der Waals surface area (Å²) in [5.41, 5.74) is 2.40. The summed E-state index contributed by atoms with van der Waals surface area (Å²) in [4.78, 5) is 24.5. The quantitative estimate of drug-likeness (QED) is 0.312. The molecule has 0 amide bonds. The monoisotopic (exact) mass is 446 g/mol. The molecule has 0 saturated heterocycles. The molecule has 0 heterocycles. The first-order valence-corrected chi connectivity index (χ1v) is 11.3. The van der Waals surface area contributed by atoms with Crippen LogP contribution in [-0.2, 0) is 20.7 Å². The van der Waals surface area contributed by atoms with Crippen molar-refractivity contribution in [3.63, 3.8) is 0 Å². The van der Waals surface area contributed by atoms with Crippen molar-refractivity contribution in [3.05, 3.63) is 34.4 Å². The van der Waals surface area contributed by atoms with Crippen LogP contribution in [0.3, 0.4) is 0 Å². The molecule has 1 aliphatic carbocycles. The van der Waals surface area contributed by atoms with Crippen molar-refractivity contribution >= 4 is 11.8 Å². The Morgan fingerprint density at radius 1 is 1.31 bits per heavy atom. The zero-order chi connectivity index (χ0) is 24.1. The van der Waals surface area contributed by atoms with Gasteiger partial charge in [0.2, 0.25) is 0 Å². The van der Waals surface area contributed by atoms with Crippen LogP contribution < -0.4 is 4.74 Å². The van der Waals surface area contributed by atoms with Gasteiger partial charge in [0.25, 0.3) is 0 Å². The third-order valence-corrected chi connectivity index (χ3v) is 7.42. The van der Waals surface area contributed by atoms with Gasteiger partial charge in [-0.1, -0.05) is 32.4 Å². The SMILES string of the molecule is COCOc1cc(C)c(C(=O)OC)c(O)c1C/C=C(\C)CC[C@@]1(C)[C@H](C)CCC(=O)[C@@H]1C. The number of phenols is 1. The van der Waals surface area contributed by atoms with Crippen molar-refractivity contribution in [1.82, 2.24) is 0 Å². The van der Waals surface area contributed by atoms with Crippen molar-refractivity contribution in [3.8, 4) is 11.5 Å². The number of carbonyl (C=O) groups excluding carboxylic acids is 2. The minimum atomic E-state index is -0.585. The Labute approximate surface area is 191 Å². The molecule has 1 saturated carbocycles. The van der Waals surface area contributed by atoms with Gasteiger partial charge in [0.05, 0.1) is 7.11 Å². The normalized spacial score (nSPS) is 23.8. The lowest BCUT2D eigenvalue weighted by atomic mass is 9.59. The average molecular weight is 447 g/mol. The summed E-state index contributed by atoms with van der Waals surface area (Å²) in [5, 5.41) is 10.8. The fourth-order valence-electron chi connectivity index (χ4n) is 4.63. The highest BCUT2D eigenvalue weighted by Gasteiger charge is 2.43. The van der Waals surface area contributed by atoms with E-state index in [1.807, 2.05) is 0 Å². The summed E-state index contributed by atoms with van der Waals surface area (Å²) >= 11 is 0. The Morgan fingerprint density at radius 3 is 2.62 bits per heavy atom. The molecule has 0 spiro atoms. The number of ether oxygens (including phenoxy) is 3. The number of allylic oxidation sites excluding steroid dienone is 2. The van der Waals surface area contributed by atoms with Crippen LogP contribution >= 0.6 is 0 Å². The van der Waals surface area contributed by atoms with Gasteiger partial charge in [-0.05, 0) is 62.5 Å². The second-order valence-electron chi connectivity index (χ2n) is 9.32. The predicted molar refractivity (Wildman–Crippen MR) is 124 cm³/mol. The number of Topliss-reactive ketones (excluding diaryl/α,β-unsaturated/α-hetero) is 1. The molecule has 32 heavy (non-hydrogen) atoms. The molecular formula is C26H38O6. The minimum absolute atomic E-state index is 0.0127. The predicted octanol–water partition coefficient (Wildman–Crippen LogP) is 5.38. The molecule has 0 radical (unpaired) electrons. The van der Waals surface area contributed by atoms with E-state index >= 15 is 0 Å². The summed E-state index contributed by atoms with van der Waals surface area (Å²) in [6, 6.07) is 1.72. The van der Waals surface area contributed by atoms with Crippen molar-refractivity contribution in [2.75, 3.05) is 21.0 Å². The number of phenolic OH excluding ortho intramolecular Hbond substituents is 1. The maximum atomic E-state index is 12.3. The lowest BCUT2D eigenvalue weighted by Gasteiger charge is -2.44. The van der Waals surface area contributed by atoms with Gasteiger partial charge in [-0.25, -0.2) is 4.79 Å². The lowest BCUT2D eigenvalue weighted by Crippen LogP contribution is -2.41. The first-order chi connectivity index (χ1) is 15.1. The molecule has 0 aliphatic heterocycles. The molecule has 0 unspecified atom stereocenters. The topological polar surface area (TPSA) is 82.1 Å². The van der Waals surface area contributed by atoms with Gasteiger partial charge >= 0.3 is 5.97 Å². The number of hydrogen-bond donors (Lipinski definition) is 1. The largest absolute Gasteiger partial charge is 0.507 e. The van der Waals surface area contributed by atoms with Crippen LogP contribution in [0.25, 0.3) is 0 Å². The molecule has 1 N–H and O–H groups in total. The zero-order valence-electron chi connectivity index (χ0n) is 20.5. The number of rotatable bonds is 9. The molecule has 178 valence electrons. The number of ketones is 1. The van der Waals surface area contributed by atoms with Crippen molar-refractivity contribution in [2.24, 2.45) is 17.3 Å². The van der Waals surface area contributed by atoms with E-state index in [-0.39, 0.29) is 29.4 Å². The second kappa shape index (κ2) is 11.0. The standard InChI is InChI=1S/C26H38O6/c1-16(12-13-26(5)18(3)9-11-21(27)19(26)4)8-10-20-22(32-15-30-6)14-17(2)23(24(20)28)25(29)31-7/h8,14,18-19,28H,9-13,15H2,1-7H3/b16-8+/t18-,19+,26+/m1/s1. The third-order valence-electron chi connectivity index (χ3n) is 7.42. The number of methoxy groups -OCH3 is 2. The molecular weight excluding hydrogens is 408 g/mol. The van der Waals surface area contributed by atoms with Crippen LogP contribution in [0.4, 0.5) is 0 Å². The molecule has 1 fully saturated rings. The first kappa shape index (κ1) is 25.9. The van der Waals surface area contributed by atoms with Gasteiger partial charge in [-0.15, -0.1) is 0 Å². The van der Waals surface area contributed by atoms with Crippen molar-refractivity contribution < 1.29 is 28.9 Å². The summed E-state index contributed by atoms with van der Waals surface area (Å²) in [5.74, 6) is 0.701. The molecule has 1 aromatic carbocycles. The van der Waals surface area contributed by atoms with Gasteiger partial charge in [-0.3, -0.25) is 4.79 Å². The summed E-state index contributed by atoms with van der Waals surface area (Å²) in [7, 11) is 2.82. The van der Waals surface area contributed by atoms with E-state index < -0.39 is 5.97 Å². The Morgan fingerprint density at radius 2 is 2.00 bits per heavy atom. The highest BCUT2D eigenvalue weighted by molar-refractivity contribution is 5.95. The molecule has 2 rings (SSSR count). The summed E-state index contributed by atoms with van der Waals surface area (Å²) in [6.45, 7) is 10.4. The Bertz CT molecular complexity index is 872. The third kappa shape index (κ3) is 5.52. The van der Waals surface area contributed by atoms with E-state index in [1.54, 1.807) is 13.0 Å². The van der Waals surface area contributed by atoms with E-state index in [0.717, 1.165) is 19.3 Å².